The molecule has 3 amide bonds. The SMILES string of the molecule is CCC(C)N(CC(=O)N(CCOC)Cc1cccn1C)C(=O)Nc1cccc(OC)c1. The first-order chi connectivity index (χ1) is 14.9. The zero-order valence-corrected chi connectivity index (χ0v) is 19.1. The van der Waals surface area contributed by atoms with Crippen molar-refractivity contribution < 1.29 is 19.1 Å². The fraction of sp³-hybridized carbons (Fsp3) is 0.478. The van der Waals surface area contributed by atoms with Crippen molar-refractivity contribution in [3.05, 3.63) is 48.3 Å². The van der Waals surface area contributed by atoms with Crippen LogP contribution in [0, 0.1) is 0 Å². The largest absolute Gasteiger partial charge is 0.497 e. The highest BCUT2D eigenvalue weighted by Crippen LogP contribution is 2.18. The van der Waals surface area contributed by atoms with Gasteiger partial charge in [0.2, 0.25) is 5.91 Å². The number of carbonyl (C=O) groups is 2. The molecule has 1 atom stereocenters. The first kappa shape index (κ1) is 24.3. The van der Waals surface area contributed by atoms with E-state index in [1.54, 1.807) is 42.2 Å². The second-order valence-corrected chi connectivity index (χ2v) is 7.47. The summed E-state index contributed by atoms with van der Waals surface area (Å²) in [5.74, 6) is 0.525. The van der Waals surface area contributed by atoms with E-state index in [1.165, 1.54) is 0 Å². The molecule has 0 aliphatic rings. The number of methoxy groups -OCH3 is 2. The predicted octanol–water partition coefficient (Wildman–Crippen LogP) is 3.34. The summed E-state index contributed by atoms with van der Waals surface area (Å²) < 4.78 is 12.4. The summed E-state index contributed by atoms with van der Waals surface area (Å²) in [6.07, 6.45) is 2.68. The Balaban J connectivity index is 2.14. The van der Waals surface area contributed by atoms with Gasteiger partial charge in [-0.3, -0.25) is 4.79 Å². The Morgan fingerprint density at radius 1 is 1.19 bits per heavy atom. The maximum atomic E-state index is 13.2. The van der Waals surface area contributed by atoms with Gasteiger partial charge in [0.05, 0.1) is 20.3 Å². The van der Waals surface area contributed by atoms with Gasteiger partial charge >= 0.3 is 6.03 Å². The molecule has 0 bridgehead atoms. The third kappa shape index (κ3) is 7.03. The van der Waals surface area contributed by atoms with Crippen molar-refractivity contribution in [3.8, 4) is 5.75 Å². The summed E-state index contributed by atoms with van der Waals surface area (Å²) in [4.78, 5) is 29.5. The van der Waals surface area contributed by atoms with Crippen LogP contribution < -0.4 is 10.1 Å². The average molecular weight is 431 g/mol. The number of aryl methyl sites for hydroxylation is 1. The highest BCUT2D eigenvalue weighted by Gasteiger charge is 2.25. The van der Waals surface area contributed by atoms with Crippen molar-refractivity contribution >= 4 is 17.6 Å². The number of carbonyl (C=O) groups excluding carboxylic acids is 2. The lowest BCUT2D eigenvalue weighted by molar-refractivity contribution is -0.133. The standard InChI is InChI=1S/C23H34N4O4/c1-6-18(2)27(23(29)24-19-9-7-11-21(15-19)31-5)17-22(28)26(13-14-30-4)16-20-10-8-12-25(20)3/h7-12,15,18H,6,13-14,16-17H2,1-5H3,(H,24,29). The molecule has 0 fully saturated rings. The van der Waals surface area contributed by atoms with E-state index in [9.17, 15) is 9.59 Å². The Morgan fingerprint density at radius 2 is 1.97 bits per heavy atom. The lowest BCUT2D eigenvalue weighted by atomic mass is 10.2. The van der Waals surface area contributed by atoms with Crippen LogP contribution >= 0.6 is 0 Å². The van der Waals surface area contributed by atoms with Crippen molar-refractivity contribution in [1.82, 2.24) is 14.4 Å². The molecule has 2 aromatic rings. The monoisotopic (exact) mass is 430 g/mol. The molecule has 1 aromatic carbocycles. The van der Waals surface area contributed by atoms with Crippen LogP contribution in [0.15, 0.2) is 42.6 Å². The predicted molar refractivity (Wildman–Crippen MR) is 121 cm³/mol. The van der Waals surface area contributed by atoms with Crippen molar-refractivity contribution in [1.29, 1.82) is 0 Å². The molecule has 170 valence electrons. The first-order valence-electron chi connectivity index (χ1n) is 10.5. The topological polar surface area (TPSA) is 76.0 Å². The van der Waals surface area contributed by atoms with Crippen LogP contribution in [0.4, 0.5) is 10.5 Å². The summed E-state index contributed by atoms with van der Waals surface area (Å²) in [5.41, 5.74) is 1.63. The minimum absolute atomic E-state index is 0.0149. The number of ether oxygens (including phenoxy) is 2. The van der Waals surface area contributed by atoms with Crippen molar-refractivity contribution in [3.63, 3.8) is 0 Å². The maximum absolute atomic E-state index is 13.2. The van der Waals surface area contributed by atoms with Gasteiger partial charge in [-0.05, 0) is 37.6 Å². The van der Waals surface area contributed by atoms with Crippen molar-refractivity contribution in [2.24, 2.45) is 7.05 Å². The van der Waals surface area contributed by atoms with Crippen LogP contribution in [0.25, 0.3) is 0 Å². The second kappa shape index (κ2) is 12.0. The minimum Gasteiger partial charge on any atom is -0.497 e. The van der Waals surface area contributed by atoms with Gasteiger partial charge in [-0.15, -0.1) is 0 Å². The van der Waals surface area contributed by atoms with Crippen molar-refractivity contribution in [2.45, 2.75) is 32.9 Å². The Kier molecular flexibility index (Phi) is 9.40. The van der Waals surface area contributed by atoms with Gasteiger partial charge in [0.15, 0.2) is 0 Å². The van der Waals surface area contributed by atoms with E-state index in [4.69, 9.17) is 9.47 Å². The first-order valence-corrected chi connectivity index (χ1v) is 10.5. The minimum atomic E-state index is -0.318. The molecule has 0 saturated heterocycles. The zero-order chi connectivity index (χ0) is 22.8. The number of anilines is 1. The van der Waals surface area contributed by atoms with E-state index in [0.29, 0.717) is 31.1 Å². The number of hydrogen-bond acceptors (Lipinski definition) is 4. The van der Waals surface area contributed by atoms with Crippen LogP contribution in [-0.4, -0.2) is 66.3 Å². The molecule has 0 aliphatic carbocycles. The third-order valence-electron chi connectivity index (χ3n) is 5.33. The smallest absolute Gasteiger partial charge is 0.322 e. The summed E-state index contributed by atoms with van der Waals surface area (Å²) >= 11 is 0. The molecule has 0 spiro atoms. The summed E-state index contributed by atoms with van der Waals surface area (Å²) in [7, 11) is 5.13. The third-order valence-corrected chi connectivity index (χ3v) is 5.33. The number of nitrogens with zero attached hydrogens (tertiary/aromatic N) is 3. The van der Waals surface area contributed by atoms with Gasteiger partial charge in [-0.25, -0.2) is 4.79 Å². The van der Waals surface area contributed by atoms with Gasteiger partial charge < -0.3 is 29.2 Å². The van der Waals surface area contributed by atoms with Crippen LogP contribution in [0.1, 0.15) is 26.0 Å². The molecule has 1 heterocycles. The second-order valence-electron chi connectivity index (χ2n) is 7.47. The van der Waals surface area contributed by atoms with Crippen LogP contribution in [0.2, 0.25) is 0 Å². The highest BCUT2D eigenvalue weighted by molar-refractivity contribution is 5.92. The highest BCUT2D eigenvalue weighted by atomic mass is 16.5. The zero-order valence-electron chi connectivity index (χ0n) is 19.1. The van der Waals surface area contributed by atoms with Crippen LogP contribution in [0.3, 0.4) is 0 Å². The van der Waals surface area contributed by atoms with Crippen LogP contribution in [-0.2, 0) is 23.1 Å². The van der Waals surface area contributed by atoms with Gasteiger partial charge in [0.1, 0.15) is 12.3 Å². The molecule has 2 rings (SSSR count). The molecule has 8 nitrogen and oxygen atoms in total. The molecule has 0 saturated carbocycles. The number of aromatic nitrogens is 1. The molecule has 0 radical (unpaired) electrons. The van der Waals surface area contributed by atoms with Gasteiger partial charge in [0, 0.05) is 50.4 Å². The molecule has 1 unspecified atom stereocenters. The molecular formula is C23H34N4O4. The number of hydrogen-bond donors (Lipinski definition) is 1. The van der Waals surface area contributed by atoms with Gasteiger partial charge in [0.25, 0.3) is 0 Å². The number of nitrogens with one attached hydrogen (secondary N) is 1. The molecule has 8 heteroatoms. The Hall–Kier alpha value is -3.00. The lowest BCUT2D eigenvalue weighted by Gasteiger charge is -2.31. The number of rotatable bonds is 11. The lowest BCUT2D eigenvalue weighted by Crippen LogP contribution is -2.48. The van der Waals surface area contributed by atoms with E-state index in [0.717, 1.165) is 12.1 Å². The summed E-state index contributed by atoms with van der Waals surface area (Å²) in [6.45, 7) is 5.25. The molecule has 1 N–H and O–H groups in total. The van der Waals surface area contributed by atoms with E-state index < -0.39 is 0 Å². The molecular weight excluding hydrogens is 396 g/mol. The molecule has 1 aromatic heterocycles. The fourth-order valence-electron chi connectivity index (χ4n) is 3.14. The van der Waals surface area contributed by atoms with Gasteiger partial charge in [-0.2, -0.15) is 0 Å². The average Bonchev–Trinajstić information content (AvgIpc) is 3.18. The quantitative estimate of drug-likeness (QED) is 0.593. The van der Waals surface area contributed by atoms with E-state index >= 15 is 0 Å². The number of amides is 3. The molecule has 31 heavy (non-hydrogen) atoms. The summed E-state index contributed by atoms with van der Waals surface area (Å²) in [6, 6.07) is 10.7. The number of benzene rings is 1. The number of urea groups is 1. The van der Waals surface area contributed by atoms with Gasteiger partial charge in [-0.1, -0.05) is 13.0 Å². The fourth-order valence-corrected chi connectivity index (χ4v) is 3.14. The van der Waals surface area contributed by atoms with E-state index in [-0.39, 0.29) is 24.5 Å². The van der Waals surface area contributed by atoms with E-state index in [2.05, 4.69) is 5.32 Å². The Labute approximate surface area is 184 Å². The van der Waals surface area contributed by atoms with E-state index in [1.807, 2.05) is 49.9 Å². The van der Waals surface area contributed by atoms with Crippen molar-refractivity contribution in [2.75, 3.05) is 39.2 Å². The maximum Gasteiger partial charge on any atom is 0.322 e. The Bertz CT molecular complexity index is 852. The molecule has 0 aliphatic heterocycles. The normalized spacial score (nSPS) is 11.6. The van der Waals surface area contributed by atoms with Crippen LogP contribution in [0.5, 0.6) is 5.75 Å². The Morgan fingerprint density at radius 3 is 2.58 bits per heavy atom. The summed E-state index contributed by atoms with van der Waals surface area (Å²) in [5, 5.41) is 2.88.